The molecular weight excluding hydrogens is 120 g/mol. The van der Waals surface area contributed by atoms with Crippen molar-refractivity contribution in [2.75, 3.05) is 0 Å². The highest BCUT2D eigenvalue weighted by molar-refractivity contribution is 7.80. The number of hydrogen-bond donors (Lipinski definition) is 0. The van der Waals surface area contributed by atoms with Crippen molar-refractivity contribution in [2.24, 2.45) is 5.92 Å². The minimum atomic E-state index is -0.0370. The Morgan fingerprint density at radius 2 is 1.88 bits per heavy atom. The van der Waals surface area contributed by atoms with Gasteiger partial charge in [-0.1, -0.05) is 19.1 Å². The maximum Gasteiger partial charge on any atom is 0.137 e. The molecule has 0 rings (SSSR count). The molecule has 0 aliphatic carbocycles. The van der Waals surface area contributed by atoms with E-state index in [0.717, 1.165) is 4.86 Å². The molecule has 0 aromatic heterocycles. The summed E-state index contributed by atoms with van der Waals surface area (Å²) in [7, 11) is 0. The van der Waals surface area contributed by atoms with E-state index in [0.29, 0.717) is 0 Å². The highest BCUT2D eigenvalue weighted by Gasteiger charge is 2.07. The standard InChI is InChI=1S/C6H10OS/c1-4(5(2)7)6(3)8/h4H,1-3H3. The van der Waals surface area contributed by atoms with Gasteiger partial charge in [0.05, 0.1) is 0 Å². The fraction of sp³-hybridized carbons (Fsp3) is 0.667. The normalized spacial score (nSPS) is 12.9. The predicted molar refractivity (Wildman–Crippen MR) is 38.1 cm³/mol. The van der Waals surface area contributed by atoms with E-state index < -0.39 is 0 Å². The van der Waals surface area contributed by atoms with Gasteiger partial charge in [0.2, 0.25) is 0 Å². The second-order valence-electron chi connectivity index (χ2n) is 1.94. The number of ketones is 1. The molecule has 0 radical (unpaired) electrons. The molecule has 0 aromatic rings. The van der Waals surface area contributed by atoms with Gasteiger partial charge >= 0.3 is 0 Å². The first-order chi connectivity index (χ1) is 3.55. The first-order valence-corrected chi connectivity index (χ1v) is 2.97. The Bertz CT molecular complexity index is 104. The molecule has 1 unspecified atom stereocenters. The van der Waals surface area contributed by atoms with Gasteiger partial charge in [0.15, 0.2) is 0 Å². The third-order valence-corrected chi connectivity index (χ3v) is 1.57. The third kappa shape index (κ3) is 2.17. The lowest BCUT2D eigenvalue weighted by atomic mass is 10.1. The van der Waals surface area contributed by atoms with Crippen molar-refractivity contribution < 1.29 is 4.79 Å². The molecule has 0 amide bonds. The van der Waals surface area contributed by atoms with Gasteiger partial charge in [-0.2, -0.15) is 0 Å². The lowest BCUT2D eigenvalue weighted by Crippen LogP contribution is -2.12. The maximum absolute atomic E-state index is 10.5. The summed E-state index contributed by atoms with van der Waals surface area (Å²) in [6, 6.07) is 0. The minimum Gasteiger partial charge on any atom is -0.299 e. The Hall–Kier alpha value is -0.240. The van der Waals surface area contributed by atoms with E-state index in [1.807, 2.05) is 6.92 Å². The summed E-state index contributed by atoms with van der Waals surface area (Å²) in [6.07, 6.45) is 0. The van der Waals surface area contributed by atoms with Crippen molar-refractivity contribution in [3.63, 3.8) is 0 Å². The van der Waals surface area contributed by atoms with Crippen LogP contribution in [-0.2, 0) is 4.79 Å². The Labute approximate surface area is 55.1 Å². The average molecular weight is 130 g/mol. The van der Waals surface area contributed by atoms with Gasteiger partial charge in [-0.15, -0.1) is 0 Å². The molecule has 46 valence electrons. The summed E-state index contributed by atoms with van der Waals surface area (Å²) in [4.78, 5) is 11.3. The molecule has 1 nitrogen and oxygen atoms in total. The molecule has 0 heterocycles. The zero-order chi connectivity index (χ0) is 6.73. The van der Waals surface area contributed by atoms with Gasteiger partial charge in [0.1, 0.15) is 5.78 Å². The number of carbonyl (C=O) groups excluding carboxylic acids is 1. The summed E-state index contributed by atoms with van der Waals surface area (Å²) >= 11 is 4.77. The third-order valence-electron chi connectivity index (χ3n) is 1.22. The fourth-order valence-corrected chi connectivity index (χ4v) is 0.452. The predicted octanol–water partition coefficient (Wildman–Crippen LogP) is 1.60. The monoisotopic (exact) mass is 130 g/mol. The lowest BCUT2D eigenvalue weighted by molar-refractivity contribution is -0.118. The summed E-state index contributed by atoms with van der Waals surface area (Å²) < 4.78 is 0. The van der Waals surface area contributed by atoms with Crippen molar-refractivity contribution >= 4 is 22.9 Å². The molecule has 0 aromatic carbocycles. The maximum atomic E-state index is 10.5. The van der Waals surface area contributed by atoms with E-state index >= 15 is 0 Å². The highest BCUT2D eigenvalue weighted by Crippen LogP contribution is 1.98. The van der Waals surface area contributed by atoms with Crippen molar-refractivity contribution in [2.45, 2.75) is 20.8 Å². The van der Waals surface area contributed by atoms with Crippen LogP contribution in [-0.4, -0.2) is 10.6 Å². The van der Waals surface area contributed by atoms with Crippen LogP contribution in [0.25, 0.3) is 0 Å². The van der Waals surface area contributed by atoms with Gasteiger partial charge in [-0.3, -0.25) is 4.79 Å². The van der Waals surface area contributed by atoms with Crippen LogP contribution in [0.2, 0.25) is 0 Å². The number of Topliss-reactive ketones (excluding diaryl/α,β-unsaturated/α-hetero) is 1. The van der Waals surface area contributed by atoms with Gasteiger partial charge in [0.25, 0.3) is 0 Å². The first-order valence-electron chi connectivity index (χ1n) is 2.56. The van der Waals surface area contributed by atoms with Gasteiger partial charge in [0, 0.05) is 5.92 Å². The van der Waals surface area contributed by atoms with Crippen LogP contribution in [0.3, 0.4) is 0 Å². The van der Waals surface area contributed by atoms with Crippen molar-refractivity contribution in [1.82, 2.24) is 0 Å². The van der Waals surface area contributed by atoms with Crippen LogP contribution in [0.15, 0.2) is 0 Å². The zero-order valence-electron chi connectivity index (χ0n) is 5.39. The zero-order valence-corrected chi connectivity index (χ0v) is 6.21. The number of hydrogen-bond acceptors (Lipinski definition) is 2. The van der Waals surface area contributed by atoms with E-state index in [4.69, 9.17) is 12.2 Å². The Morgan fingerprint density at radius 1 is 1.50 bits per heavy atom. The Balaban J connectivity index is 3.83. The van der Waals surface area contributed by atoms with Gasteiger partial charge < -0.3 is 0 Å². The molecule has 0 fully saturated rings. The van der Waals surface area contributed by atoms with Crippen molar-refractivity contribution in [3.05, 3.63) is 0 Å². The van der Waals surface area contributed by atoms with Gasteiger partial charge in [-0.05, 0) is 18.7 Å². The second-order valence-corrected chi connectivity index (χ2v) is 2.59. The Morgan fingerprint density at radius 3 is 1.88 bits per heavy atom. The molecule has 0 N–H and O–H groups in total. The van der Waals surface area contributed by atoms with Crippen molar-refractivity contribution in [1.29, 1.82) is 0 Å². The number of rotatable bonds is 2. The summed E-state index contributed by atoms with van der Waals surface area (Å²) in [5, 5.41) is 0. The van der Waals surface area contributed by atoms with E-state index in [-0.39, 0.29) is 11.7 Å². The van der Waals surface area contributed by atoms with Crippen LogP contribution in [0.4, 0.5) is 0 Å². The van der Waals surface area contributed by atoms with E-state index in [1.54, 1.807) is 13.8 Å². The SMILES string of the molecule is CC(=O)C(C)C(C)=S. The molecule has 0 spiro atoms. The lowest BCUT2D eigenvalue weighted by Gasteiger charge is -2.01. The number of thiocarbonyl (C=S) groups is 1. The molecule has 0 saturated heterocycles. The molecule has 1 atom stereocenters. The minimum absolute atomic E-state index is 0.0370. The quantitative estimate of drug-likeness (QED) is 0.528. The smallest absolute Gasteiger partial charge is 0.137 e. The molecule has 0 aliphatic heterocycles. The van der Waals surface area contributed by atoms with Crippen LogP contribution in [0.1, 0.15) is 20.8 Å². The topological polar surface area (TPSA) is 17.1 Å². The highest BCUT2D eigenvalue weighted by atomic mass is 32.1. The average Bonchev–Trinajstić information content (AvgIpc) is 1.64. The number of carbonyl (C=O) groups is 1. The summed E-state index contributed by atoms with van der Waals surface area (Å²) in [6.45, 7) is 5.17. The van der Waals surface area contributed by atoms with Gasteiger partial charge in [-0.25, -0.2) is 0 Å². The molecule has 2 heteroatoms. The summed E-state index contributed by atoms with van der Waals surface area (Å²) in [5.41, 5.74) is 0. The van der Waals surface area contributed by atoms with E-state index in [1.165, 1.54) is 0 Å². The Kier molecular flexibility index (Phi) is 2.84. The van der Waals surface area contributed by atoms with E-state index in [2.05, 4.69) is 0 Å². The summed E-state index contributed by atoms with van der Waals surface area (Å²) in [5.74, 6) is 0.113. The molecule has 0 aliphatic rings. The largest absolute Gasteiger partial charge is 0.299 e. The fourth-order valence-electron chi connectivity index (χ4n) is 0.286. The molecule has 0 bridgehead atoms. The second kappa shape index (κ2) is 2.92. The molecular formula is C6H10OS. The van der Waals surface area contributed by atoms with E-state index in [9.17, 15) is 4.79 Å². The van der Waals surface area contributed by atoms with Crippen molar-refractivity contribution in [3.8, 4) is 0 Å². The van der Waals surface area contributed by atoms with Crippen LogP contribution < -0.4 is 0 Å². The molecule has 0 saturated carbocycles. The molecule has 8 heavy (non-hydrogen) atoms. The van der Waals surface area contributed by atoms with Crippen LogP contribution >= 0.6 is 12.2 Å². The first kappa shape index (κ1) is 7.76. The van der Waals surface area contributed by atoms with Crippen LogP contribution in [0, 0.1) is 5.92 Å². The van der Waals surface area contributed by atoms with Crippen LogP contribution in [0.5, 0.6) is 0 Å².